The van der Waals surface area contributed by atoms with Crippen LogP contribution in [0.4, 0.5) is 0 Å². The van der Waals surface area contributed by atoms with Gasteiger partial charge in [-0.2, -0.15) is 0 Å². The van der Waals surface area contributed by atoms with Crippen molar-refractivity contribution in [2.24, 2.45) is 5.73 Å². The quantitative estimate of drug-likeness (QED) is 0.514. The van der Waals surface area contributed by atoms with Crippen molar-refractivity contribution in [3.05, 3.63) is 0 Å². The predicted molar refractivity (Wildman–Crippen MR) is 60.5 cm³/mol. The number of nitrogens with zero attached hydrogens (tertiary/aromatic N) is 1. The van der Waals surface area contributed by atoms with E-state index in [1.807, 2.05) is 0 Å². The average molecular weight is 203 g/mol. The molecule has 3 N–H and O–H groups in total. The lowest BCUT2D eigenvalue weighted by atomic mass is 10.3. The minimum Gasteiger partial charge on any atom is -0.379 e. The summed E-state index contributed by atoms with van der Waals surface area (Å²) in [5, 5.41) is 3.26. The van der Waals surface area contributed by atoms with Gasteiger partial charge in [-0.25, -0.2) is 0 Å². The highest BCUT2D eigenvalue weighted by atomic mass is 16.5. The lowest BCUT2D eigenvalue weighted by molar-refractivity contribution is 0.0673. The molecule has 0 spiro atoms. The number of nitrogens with one attached hydrogen (secondary N) is 1. The van der Waals surface area contributed by atoms with Crippen LogP contribution in [0.2, 0.25) is 0 Å². The van der Waals surface area contributed by atoms with Crippen LogP contribution < -0.4 is 11.1 Å². The number of nitrogens with two attached hydrogens (primary N) is 1. The van der Waals surface area contributed by atoms with Crippen LogP contribution >= 0.6 is 0 Å². The van der Waals surface area contributed by atoms with E-state index < -0.39 is 0 Å². The lowest BCUT2D eigenvalue weighted by Crippen LogP contribution is -2.40. The fraction of sp³-hybridized carbons (Fsp3) is 1.00. The maximum absolute atomic E-state index is 5.40. The van der Waals surface area contributed by atoms with Gasteiger partial charge in [-0.3, -0.25) is 0 Å². The summed E-state index contributed by atoms with van der Waals surface area (Å²) < 4.78 is 5.39. The highest BCUT2D eigenvalue weighted by molar-refractivity contribution is 4.66. The van der Waals surface area contributed by atoms with E-state index in [0.717, 1.165) is 32.7 Å². The minimum absolute atomic E-state index is 0.265. The van der Waals surface area contributed by atoms with Crippen molar-refractivity contribution < 1.29 is 4.74 Å². The molecule has 4 nitrogen and oxygen atoms in total. The number of hydrogen-bond donors (Lipinski definition) is 2. The van der Waals surface area contributed by atoms with Gasteiger partial charge in [-0.1, -0.05) is 13.8 Å². The van der Waals surface area contributed by atoms with Crippen molar-refractivity contribution >= 4 is 0 Å². The van der Waals surface area contributed by atoms with Crippen molar-refractivity contribution in [1.29, 1.82) is 0 Å². The maximum Gasteiger partial charge on any atom is 0.0822 e. The van der Waals surface area contributed by atoms with E-state index in [1.54, 1.807) is 7.11 Å². The van der Waals surface area contributed by atoms with Crippen LogP contribution in [0.3, 0.4) is 0 Å². The third kappa shape index (κ3) is 6.32. The lowest BCUT2D eigenvalue weighted by Gasteiger charge is -2.24. The first-order chi connectivity index (χ1) is 6.78. The summed E-state index contributed by atoms with van der Waals surface area (Å²) >= 11 is 0. The van der Waals surface area contributed by atoms with E-state index in [-0.39, 0.29) is 6.10 Å². The number of likely N-dealkylation sites (N-methyl/N-ethyl adjacent to an activating group) is 1. The van der Waals surface area contributed by atoms with E-state index in [0.29, 0.717) is 6.54 Å². The zero-order chi connectivity index (χ0) is 10.8. The summed E-state index contributed by atoms with van der Waals surface area (Å²) in [5.41, 5.74) is 5.40. The molecule has 0 aromatic heterocycles. The normalized spacial score (nSPS) is 13.5. The SMILES string of the molecule is CCN(CC)CC(CNCCN)OC. The van der Waals surface area contributed by atoms with E-state index in [4.69, 9.17) is 10.5 Å². The van der Waals surface area contributed by atoms with Crippen LogP contribution in [0, 0.1) is 0 Å². The minimum atomic E-state index is 0.265. The van der Waals surface area contributed by atoms with Gasteiger partial charge in [-0.15, -0.1) is 0 Å². The fourth-order valence-electron chi connectivity index (χ4n) is 1.36. The van der Waals surface area contributed by atoms with E-state index in [9.17, 15) is 0 Å². The van der Waals surface area contributed by atoms with Crippen LogP contribution in [-0.4, -0.2) is 57.4 Å². The van der Waals surface area contributed by atoms with Crippen LogP contribution in [0.15, 0.2) is 0 Å². The number of methoxy groups -OCH3 is 1. The van der Waals surface area contributed by atoms with Gasteiger partial charge in [0.25, 0.3) is 0 Å². The molecule has 0 aromatic carbocycles. The van der Waals surface area contributed by atoms with Crippen LogP contribution in [0.25, 0.3) is 0 Å². The topological polar surface area (TPSA) is 50.5 Å². The number of ether oxygens (including phenoxy) is 1. The Hall–Kier alpha value is -0.160. The molecule has 0 saturated carbocycles. The molecule has 0 fully saturated rings. The zero-order valence-electron chi connectivity index (χ0n) is 9.75. The molecule has 0 amide bonds. The molecule has 0 aliphatic rings. The fourth-order valence-corrected chi connectivity index (χ4v) is 1.36. The largest absolute Gasteiger partial charge is 0.379 e. The van der Waals surface area contributed by atoms with Gasteiger partial charge in [0.2, 0.25) is 0 Å². The summed E-state index contributed by atoms with van der Waals surface area (Å²) in [4.78, 5) is 2.36. The molecule has 0 radical (unpaired) electrons. The van der Waals surface area contributed by atoms with Gasteiger partial charge in [0, 0.05) is 33.3 Å². The summed E-state index contributed by atoms with van der Waals surface area (Å²) in [6, 6.07) is 0. The van der Waals surface area contributed by atoms with Gasteiger partial charge >= 0.3 is 0 Å². The highest BCUT2D eigenvalue weighted by Gasteiger charge is 2.10. The Balaban J connectivity index is 3.65. The smallest absolute Gasteiger partial charge is 0.0822 e. The Morgan fingerprint density at radius 3 is 2.43 bits per heavy atom. The third-order valence-corrected chi connectivity index (χ3v) is 2.38. The molecular formula is C10H25N3O. The van der Waals surface area contributed by atoms with E-state index in [1.165, 1.54) is 0 Å². The second kappa shape index (κ2) is 9.40. The molecule has 86 valence electrons. The molecule has 0 aliphatic carbocycles. The average Bonchev–Trinajstić information content (AvgIpc) is 2.23. The first-order valence-electron chi connectivity index (χ1n) is 5.44. The maximum atomic E-state index is 5.40. The molecule has 0 aliphatic heterocycles. The Morgan fingerprint density at radius 2 is 2.00 bits per heavy atom. The Labute approximate surface area is 87.8 Å². The molecule has 0 heterocycles. The summed E-state index contributed by atoms with van der Waals surface area (Å²) in [5.74, 6) is 0. The van der Waals surface area contributed by atoms with Crippen molar-refractivity contribution in [2.45, 2.75) is 20.0 Å². The van der Waals surface area contributed by atoms with Gasteiger partial charge in [0.1, 0.15) is 0 Å². The summed E-state index contributed by atoms with van der Waals surface area (Å²) in [6.07, 6.45) is 0.265. The molecule has 1 unspecified atom stereocenters. The van der Waals surface area contributed by atoms with Crippen molar-refractivity contribution in [3.63, 3.8) is 0 Å². The molecule has 0 saturated heterocycles. The second-order valence-corrected chi connectivity index (χ2v) is 3.34. The molecule has 1 atom stereocenters. The van der Waals surface area contributed by atoms with E-state index in [2.05, 4.69) is 24.1 Å². The number of hydrogen-bond acceptors (Lipinski definition) is 4. The zero-order valence-corrected chi connectivity index (χ0v) is 9.75. The third-order valence-electron chi connectivity index (χ3n) is 2.38. The molecular weight excluding hydrogens is 178 g/mol. The first kappa shape index (κ1) is 13.8. The second-order valence-electron chi connectivity index (χ2n) is 3.34. The number of rotatable bonds is 9. The van der Waals surface area contributed by atoms with Gasteiger partial charge in [-0.05, 0) is 13.1 Å². The standard InChI is InChI=1S/C10H25N3O/c1-4-13(5-2)9-10(14-3)8-12-7-6-11/h10,12H,4-9,11H2,1-3H3. The molecule has 4 heteroatoms. The van der Waals surface area contributed by atoms with Gasteiger partial charge in [0.15, 0.2) is 0 Å². The summed E-state index contributed by atoms with van der Waals surface area (Å²) in [6.45, 7) is 9.90. The summed E-state index contributed by atoms with van der Waals surface area (Å²) in [7, 11) is 1.76. The molecule has 0 bridgehead atoms. The van der Waals surface area contributed by atoms with Crippen LogP contribution in [0.5, 0.6) is 0 Å². The highest BCUT2D eigenvalue weighted by Crippen LogP contribution is 1.94. The Morgan fingerprint density at radius 1 is 1.36 bits per heavy atom. The van der Waals surface area contributed by atoms with E-state index >= 15 is 0 Å². The molecule has 0 aromatic rings. The first-order valence-corrected chi connectivity index (χ1v) is 5.44. The van der Waals surface area contributed by atoms with Crippen molar-refractivity contribution in [1.82, 2.24) is 10.2 Å². The predicted octanol–water partition coefficient (Wildman–Crippen LogP) is -0.108. The van der Waals surface area contributed by atoms with Crippen LogP contribution in [0.1, 0.15) is 13.8 Å². The monoisotopic (exact) mass is 203 g/mol. The Bertz CT molecular complexity index is 118. The van der Waals surface area contributed by atoms with Crippen molar-refractivity contribution in [2.75, 3.05) is 46.4 Å². The van der Waals surface area contributed by atoms with Gasteiger partial charge in [0.05, 0.1) is 6.10 Å². The van der Waals surface area contributed by atoms with Gasteiger partial charge < -0.3 is 20.7 Å². The molecule has 0 rings (SSSR count). The Kier molecular flexibility index (Phi) is 9.29. The van der Waals surface area contributed by atoms with Crippen molar-refractivity contribution in [3.8, 4) is 0 Å². The van der Waals surface area contributed by atoms with Crippen LogP contribution in [-0.2, 0) is 4.74 Å². The molecule has 14 heavy (non-hydrogen) atoms.